The summed E-state index contributed by atoms with van der Waals surface area (Å²) in [5.41, 5.74) is 1.08. The van der Waals surface area contributed by atoms with Crippen LogP contribution in [0.2, 0.25) is 0 Å². The molecule has 0 aliphatic carbocycles. The Labute approximate surface area is 133 Å². The molecule has 2 atom stereocenters. The minimum Gasteiger partial charge on any atom is -0.494 e. The third-order valence-electron chi connectivity index (χ3n) is 3.70. The standard InChI is InChI=1S/C16H24N2O2.ClH/c1-3-20-15-8-4-6-13(10-15)12(2)18-16(19)14-7-5-9-17-11-14;/h4,6,8,10,12,14,17H,3,5,7,9,11H2,1-2H3,(H,18,19);1H. The Morgan fingerprint density at radius 1 is 1.52 bits per heavy atom. The maximum absolute atomic E-state index is 12.2. The van der Waals surface area contributed by atoms with Crippen LogP contribution >= 0.6 is 12.4 Å². The predicted octanol–water partition coefficient (Wildman–Crippen LogP) is 2.68. The molecule has 118 valence electrons. The number of carbonyl (C=O) groups is 1. The summed E-state index contributed by atoms with van der Waals surface area (Å²) in [5.74, 6) is 1.10. The van der Waals surface area contributed by atoms with E-state index in [9.17, 15) is 4.79 Å². The average molecular weight is 313 g/mol. The number of carbonyl (C=O) groups excluding carboxylic acids is 1. The van der Waals surface area contributed by atoms with E-state index in [4.69, 9.17) is 4.74 Å². The van der Waals surface area contributed by atoms with Gasteiger partial charge in [0.25, 0.3) is 0 Å². The molecule has 1 aliphatic rings. The van der Waals surface area contributed by atoms with E-state index in [1.807, 2.05) is 38.1 Å². The molecule has 1 heterocycles. The number of piperidine rings is 1. The molecule has 1 aromatic rings. The SMILES string of the molecule is CCOc1cccc(C(C)NC(=O)C2CCCNC2)c1.Cl. The fourth-order valence-corrected chi connectivity index (χ4v) is 2.53. The molecule has 2 unspecified atom stereocenters. The molecule has 5 heteroatoms. The zero-order valence-electron chi connectivity index (χ0n) is 12.7. The Morgan fingerprint density at radius 2 is 2.33 bits per heavy atom. The first kappa shape index (κ1) is 17.8. The van der Waals surface area contributed by atoms with Crippen molar-refractivity contribution in [1.29, 1.82) is 0 Å². The highest BCUT2D eigenvalue weighted by atomic mass is 35.5. The monoisotopic (exact) mass is 312 g/mol. The van der Waals surface area contributed by atoms with Gasteiger partial charge in [-0.15, -0.1) is 12.4 Å². The first-order chi connectivity index (χ1) is 9.70. The normalized spacial score (nSPS) is 19.2. The van der Waals surface area contributed by atoms with Gasteiger partial charge in [0.2, 0.25) is 5.91 Å². The number of amides is 1. The maximum atomic E-state index is 12.2. The summed E-state index contributed by atoms with van der Waals surface area (Å²) in [5, 5.41) is 6.37. The number of nitrogens with one attached hydrogen (secondary N) is 2. The highest BCUT2D eigenvalue weighted by molar-refractivity contribution is 5.85. The van der Waals surface area contributed by atoms with E-state index < -0.39 is 0 Å². The van der Waals surface area contributed by atoms with E-state index in [0.29, 0.717) is 6.61 Å². The van der Waals surface area contributed by atoms with Crippen molar-refractivity contribution in [3.05, 3.63) is 29.8 Å². The van der Waals surface area contributed by atoms with Gasteiger partial charge in [0, 0.05) is 6.54 Å². The molecule has 1 fully saturated rings. The van der Waals surface area contributed by atoms with Crippen molar-refractivity contribution in [2.45, 2.75) is 32.7 Å². The number of halogens is 1. The smallest absolute Gasteiger partial charge is 0.224 e. The topological polar surface area (TPSA) is 50.4 Å². The summed E-state index contributed by atoms with van der Waals surface area (Å²) in [6.07, 6.45) is 2.05. The van der Waals surface area contributed by atoms with Crippen LogP contribution in [0, 0.1) is 5.92 Å². The van der Waals surface area contributed by atoms with Gasteiger partial charge in [-0.3, -0.25) is 4.79 Å². The van der Waals surface area contributed by atoms with Crippen molar-refractivity contribution in [2.75, 3.05) is 19.7 Å². The van der Waals surface area contributed by atoms with Gasteiger partial charge in [-0.25, -0.2) is 0 Å². The van der Waals surface area contributed by atoms with Gasteiger partial charge in [0.15, 0.2) is 0 Å². The number of rotatable bonds is 5. The van der Waals surface area contributed by atoms with E-state index in [2.05, 4.69) is 10.6 Å². The summed E-state index contributed by atoms with van der Waals surface area (Å²) in [6.45, 7) is 6.44. The van der Waals surface area contributed by atoms with Crippen molar-refractivity contribution in [1.82, 2.24) is 10.6 Å². The number of hydrogen-bond donors (Lipinski definition) is 2. The molecule has 4 nitrogen and oxygen atoms in total. The van der Waals surface area contributed by atoms with Gasteiger partial charge < -0.3 is 15.4 Å². The van der Waals surface area contributed by atoms with Crippen LogP contribution < -0.4 is 15.4 Å². The molecule has 0 saturated carbocycles. The molecule has 2 rings (SSSR count). The Bertz CT molecular complexity index is 448. The van der Waals surface area contributed by atoms with Gasteiger partial charge in [-0.2, -0.15) is 0 Å². The van der Waals surface area contributed by atoms with Crippen LogP contribution in [0.25, 0.3) is 0 Å². The summed E-state index contributed by atoms with van der Waals surface area (Å²) in [7, 11) is 0. The lowest BCUT2D eigenvalue weighted by molar-refractivity contribution is -0.126. The molecule has 0 radical (unpaired) electrons. The second-order valence-electron chi connectivity index (χ2n) is 5.28. The molecule has 21 heavy (non-hydrogen) atoms. The summed E-state index contributed by atoms with van der Waals surface area (Å²) in [6, 6.07) is 7.92. The Kier molecular flexibility index (Phi) is 7.54. The maximum Gasteiger partial charge on any atom is 0.224 e. The lowest BCUT2D eigenvalue weighted by Crippen LogP contribution is -2.41. The zero-order chi connectivity index (χ0) is 14.4. The van der Waals surface area contributed by atoms with Gasteiger partial charge in [0.05, 0.1) is 18.6 Å². The molecular formula is C16H25ClN2O2. The van der Waals surface area contributed by atoms with E-state index in [-0.39, 0.29) is 30.3 Å². The van der Waals surface area contributed by atoms with Gasteiger partial charge in [0.1, 0.15) is 5.75 Å². The van der Waals surface area contributed by atoms with Crippen molar-refractivity contribution in [2.24, 2.45) is 5.92 Å². The van der Waals surface area contributed by atoms with Crippen LogP contribution in [0.3, 0.4) is 0 Å². The fourth-order valence-electron chi connectivity index (χ4n) is 2.53. The lowest BCUT2D eigenvalue weighted by atomic mass is 9.98. The van der Waals surface area contributed by atoms with Crippen LogP contribution in [0.4, 0.5) is 0 Å². The van der Waals surface area contributed by atoms with Gasteiger partial charge in [-0.1, -0.05) is 12.1 Å². The van der Waals surface area contributed by atoms with Gasteiger partial charge in [-0.05, 0) is 50.9 Å². The van der Waals surface area contributed by atoms with Crippen molar-refractivity contribution in [3.63, 3.8) is 0 Å². The summed E-state index contributed by atoms with van der Waals surface area (Å²) >= 11 is 0. The van der Waals surface area contributed by atoms with E-state index in [1.54, 1.807) is 0 Å². The molecule has 0 spiro atoms. The van der Waals surface area contributed by atoms with Crippen molar-refractivity contribution in [3.8, 4) is 5.75 Å². The molecule has 1 aliphatic heterocycles. The molecule has 0 bridgehead atoms. The molecule has 2 N–H and O–H groups in total. The third-order valence-corrected chi connectivity index (χ3v) is 3.70. The lowest BCUT2D eigenvalue weighted by Gasteiger charge is -2.24. The average Bonchev–Trinajstić information content (AvgIpc) is 2.48. The molecule has 1 saturated heterocycles. The third kappa shape index (κ3) is 5.21. The molecular weight excluding hydrogens is 288 g/mol. The summed E-state index contributed by atoms with van der Waals surface area (Å²) in [4.78, 5) is 12.2. The first-order valence-corrected chi connectivity index (χ1v) is 7.44. The highest BCUT2D eigenvalue weighted by Gasteiger charge is 2.22. The quantitative estimate of drug-likeness (QED) is 0.879. The predicted molar refractivity (Wildman–Crippen MR) is 87.0 cm³/mol. The van der Waals surface area contributed by atoms with E-state index in [1.165, 1.54) is 0 Å². The van der Waals surface area contributed by atoms with Gasteiger partial charge >= 0.3 is 0 Å². The Morgan fingerprint density at radius 3 is 3.00 bits per heavy atom. The number of ether oxygens (including phenoxy) is 1. The second-order valence-corrected chi connectivity index (χ2v) is 5.28. The van der Waals surface area contributed by atoms with Crippen LogP contribution in [0.15, 0.2) is 24.3 Å². The number of hydrogen-bond acceptors (Lipinski definition) is 3. The zero-order valence-corrected chi connectivity index (χ0v) is 13.5. The highest BCUT2D eigenvalue weighted by Crippen LogP contribution is 2.20. The number of benzene rings is 1. The molecule has 1 aromatic carbocycles. The largest absolute Gasteiger partial charge is 0.494 e. The van der Waals surface area contributed by atoms with Crippen LogP contribution in [-0.2, 0) is 4.79 Å². The van der Waals surface area contributed by atoms with Crippen LogP contribution in [0.5, 0.6) is 5.75 Å². The second kappa shape index (κ2) is 8.90. The van der Waals surface area contributed by atoms with E-state index in [0.717, 1.165) is 37.2 Å². The van der Waals surface area contributed by atoms with Crippen LogP contribution in [-0.4, -0.2) is 25.6 Å². The first-order valence-electron chi connectivity index (χ1n) is 7.44. The van der Waals surface area contributed by atoms with E-state index >= 15 is 0 Å². The minimum absolute atomic E-state index is 0. The van der Waals surface area contributed by atoms with Crippen molar-refractivity contribution < 1.29 is 9.53 Å². The Hall–Kier alpha value is -1.26. The van der Waals surface area contributed by atoms with Crippen LogP contribution in [0.1, 0.15) is 38.3 Å². The fraction of sp³-hybridized carbons (Fsp3) is 0.562. The summed E-state index contributed by atoms with van der Waals surface area (Å²) < 4.78 is 5.50. The minimum atomic E-state index is 0. The Balaban J connectivity index is 0.00000220. The molecule has 0 aromatic heterocycles. The van der Waals surface area contributed by atoms with Crippen molar-refractivity contribution >= 4 is 18.3 Å². The molecule has 1 amide bonds.